The molecule has 1 aliphatic heterocycles. The Kier molecular flexibility index (Phi) is 6.40. The van der Waals surface area contributed by atoms with Crippen LogP contribution in [-0.2, 0) is 17.8 Å². The summed E-state index contributed by atoms with van der Waals surface area (Å²) < 4.78 is 16.1. The lowest BCUT2D eigenvalue weighted by molar-refractivity contribution is -0.122. The average Bonchev–Trinajstić information content (AvgIpc) is 3.73. The molecule has 2 aliphatic carbocycles. The lowest BCUT2D eigenvalue weighted by atomic mass is 9.97. The van der Waals surface area contributed by atoms with Gasteiger partial charge in [-0.2, -0.15) is 5.10 Å². The number of aromatic amines is 1. The number of nitrogens with zero attached hydrogens (tertiary/aromatic N) is 3. The fourth-order valence-electron chi connectivity index (χ4n) is 4.82. The highest BCUT2D eigenvalue weighted by molar-refractivity contribution is 5.90. The summed E-state index contributed by atoms with van der Waals surface area (Å²) in [5, 5.41) is 6.71. The number of fused-ring (bicyclic) bond motifs is 1. The van der Waals surface area contributed by atoms with E-state index in [4.69, 9.17) is 5.73 Å². The van der Waals surface area contributed by atoms with E-state index in [9.17, 15) is 14.0 Å². The topological polar surface area (TPSA) is 119 Å². The van der Waals surface area contributed by atoms with Gasteiger partial charge in [0, 0.05) is 25.2 Å². The van der Waals surface area contributed by atoms with Crippen LogP contribution in [0.2, 0.25) is 0 Å². The monoisotopic (exact) mass is 478 g/mol. The Morgan fingerprint density at radius 1 is 1.23 bits per heavy atom. The smallest absolute Gasteiger partial charge is 0.266 e. The molecule has 0 spiro atoms. The predicted octanol–water partition coefficient (Wildman–Crippen LogP) is 3.59. The van der Waals surface area contributed by atoms with Gasteiger partial charge in [-0.05, 0) is 87.1 Å². The molecule has 9 heteroatoms. The maximum atomic E-state index is 14.5. The number of imidazole rings is 1. The Morgan fingerprint density at radius 2 is 1.97 bits per heavy atom. The van der Waals surface area contributed by atoms with E-state index in [1.54, 1.807) is 16.9 Å². The molecule has 3 heterocycles. The van der Waals surface area contributed by atoms with Crippen LogP contribution in [-0.4, -0.2) is 38.1 Å². The predicted molar refractivity (Wildman–Crippen MR) is 131 cm³/mol. The maximum Gasteiger partial charge on any atom is 0.266 e. The molecule has 3 aliphatic rings. The maximum absolute atomic E-state index is 14.5. The molecule has 3 aromatic rings. The van der Waals surface area contributed by atoms with Crippen molar-refractivity contribution in [3.8, 4) is 0 Å². The highest BCUT2D eigenvalue weighted by Gasteiger charge is 2.36. The molecule has 0 radical (unpaired) electrons. The molecular weight excluding hydrogens is 447 g/mol. The second kappa shape index (κ2) is 9.64. The fourth-order valence-corrected chi connectivity index (χ4v) is 4.82. The first-order valence-corrected chi connectivity index (χ1v) is 12.4. The zero-order valence-electron chi connectivity index (χ0n) is 19.9. The van der Waals surface area contributed by atoms with E-state index < -0.39 is 5.91 Å². The van der Waals surface area contributed by atoms with Gasteiger partial charge in [0.25, 0.3) is 5.91 Å². The number of allylic oxidation sites excluding steroid dienone is 1. The summed E-state index contributed by atoms with van der Waals surface area (Å²) >= 11 is 0. The molecule has 3 fully saturated rings. The van der Waals surface area contributed by atoms with Crippen LogP contribution in [0.3, 0.4) is 0 Å². The number of nitrogens with two attached hydrogens (primary N) is 1. The van der Waals surface area contributed by atoms with Crippen LogP contribution in [0.5, 0.6) is 0 Å². The number of hydrogen-bond donors (Lipinski definition) is 3. The number of aromatic nitrogens is 4. The summed E-state index contributed by atoms with van der Waals surface area (Å²) in [4.78, 5) is 30.1. The number of H-pyrrole nitrogens is 1. The van der Waals surface area contributed by atoms with Crippen LogP contribution in [0.1, 0.15) is 60.9 Å². The molecule has 2 saturated carbocycles. The van der Waals surface area contributed by atoms with E-state index in [0.29, 0.717) is 24.2 Å². The van der Waals surface area contributed by atoms with Crippen molar-refractivity contribution in [1.82, 2.24) is 25.1 Å². The van der Waals surface area contributed by atoms with Crippen LogP contribution < -0.4 is 11.1 Å². The number of hydrogen-bond acceptors (Lipinski definition) is 4. The summed E-state index contributed by atoms with van der Waals surface area (Å²) in [6, 6.07) is 5.08. The van der Waals surface area contributed by atoms with E-state index in [0.717, 1.165) is 41.7 Å². The summed E-state index contributed by atoms with van der Waals surface area (Å²) in [5.74, 6) is 1.51. The summed E-state index contributed by atoms with van der Waals surface area (Å²) in [6.45, 7) is 3.29. The van der Waals surface area contributed by atoms with Crippen molar-refractivity contribution in [2.24, 2.45) is 23.5 Å². The number of amides is 2. The van der Waals surface area contributed by atoms with E-state index in [1.165, 1.54) is 37.3 Å². The Labute approximate surface area is 203 Å². The number of rotatable bonds is 7. The molecule has 1 atom stereocenters. The van der Waals surface area contributed by atoms with Gasteiger partial charge in [0.2, 0.25) is 5.91 Å². The molecule has 4 N–H and O–H groups in total. The van der Waals surface area contributed by atoms with Gasteiger partial charge in [-0.15, -0.1) is 0 Å². The largest absolute Gasteiger partial charge is 0.364 e. The van der Waals surface area contributed by atoms with Crippen LogP contribution in [0.15, 0.2) is 30.0 Å². The number of nitrogens with one attached hydrogen (secondary N) is 2. The molecule has 8 nitrogen and oxygen atoms in total. The first kappa shape index (κ1) is 23.3. The standard InChI is InChI=1S/C20H22FN3O.C6H9N3O/c21-16-8-11(7-14-5-6-22-20(14)25)9-17-19(16)24-18(23-17)10-15(12-1-2-12)13-3-4-13;1-2-9-5(6(7)10)3-4-8-9/h8-10,12-14H,1-7H2,(H,22,25)(H,23,24);3-4H,2H2,1H3,(H2,7,10). The Hall–Kier alpha value is -3.49. The number of carbonyl (C=O) groups is 2. The Balaban J connectivity index is 0.000000214. The van der Waals surface area contributed by atoms with Crippen LogP contribution in [0.4, 0.5) is 4.39 Å². The van der Waals surface area contributed by atoms with Crippen molar-refractivity contribution in [3.63, 3.8) is 0 Å². The zero-order valence-corrected chi connectivity index (χ0v) is 19.9. The number of halogens is 1. The second-order valence-electron chi connectivity index (χ2n) is 9.67. The number of aryl methyl sites for hydroxylation is 1. The minimum absolute atomic E-state index is 0.0459. The van der Waals surface area contributed by atoms with Gasteiger partial charge in [-0.3, -0.25) is 14.3 Å². The summed E-state index contributed by atoms with van der Waals surface area (Å²) in [7, 11) is 0. The van der Waals surface area contributed by atoms with Gasteiger partial charge in [0.05, 0.1) is 5.52 Å². The third-order valence-electron chi connectivity index (χ3n) is 6.93. The lowest BCUT2D eigenvalue weighted by Gasteiger charge is -2.07. The van der Waals surface area contributed by atoms with Crippen LogP contribution in [0, 0.1) is 23.6 Å². The molecule has 1 unspecified atom stereocenters. The highest BCUT2D eigenvalue weighted by Crippen LogP contribution is 2.49. The van der Waals surface area contributed by atoms with Gasteiger partial charge >= 0.3 is 0 Å². The molecule has 6 rings (SSSR count). The van der Waals surface area contributed by atoms with E-state index in [-0.39, 0.29) is 17.6 Å². The summed E-state index contributed by atoms with van der Waals surface area (Å²) in [6.07, 6.45) is 10.2. The normalized spacial score (nSPS) is 19.3. The third-order valence-corrected chi connectivity index (χ3v) is 6.93. The van der Waals surface area contributed by atoms with Gasteiger partial charge in [0.15, 0.2) is 5.82 Å². The van der Waals surface area contributed by atoms with E-state index >= 15 is 0 Å². The number of carbonyl (C=O) groups excluding carboxylic acids is 2. The van der Waals surface area contributed by atoms with Crippen molar-refractivity contribution in [3.05, 3.63) is 52.9 Å². The van der Waals surface area contributed by atoms with Gasteiger partial charge in [-0.25, -0.2) is 9.37 Å². The van der Waals surface area contributed by atoms with Gasteiger partial charge in [-0.1, -0.05) is 5.57 Å². The lowest BCUT2D eigenvalue weighted by Crippen LogP contribution is -2.20. The Morgan fingerprint density at radius 3 is 2.54 bits per heavy atom. The molecule has 184 valence electrons. The van der Waals surface area contributed by atoms with Gasteiger partial charge < -0.3 is 16.0 Å². The third kappa shape index (κ3) is 5.28. The van der Waals surface area contributed by atoms with Crippen molar-refractivity contribution in [2.45, 2.75) is 52.0 Å². The SMILES string of the molecule is CCn1nccc1C(N)=O.O=C1NCCC1Cc1cc(F)c2nc(C=C(C3CC3)C3CC3)[nH]c2c1. The summed E-state index contributed by atoms with van der Waals surface area (Å²) in [5.41, 5.74) is 8.98. The number of primary amides is 1. The van der Waals surface area contributed by atoms with Crippen LogP contribution >= 0.6 is 0 Å². The quantitative estimate of drug-likeness (QED) is 0.481. The minimum atomic E-state index is -0.431. The van der Waals surface area contributed by atoms with Crippen molar-refractivity contribution >= 4 is 28.9 Å². The molecular formula is C26H31FN6O2. The van der Waals surface area contributed by atoms with Crippen molar-refractivity contribution in [2.75, 3.05) is 6.54 Å². The zero-order chi connectivity index (χ0) is 24.5. The van der Waals surface area contributed by atoms with Crippen LogP contribution in [0.25, 0.3) is 17.1 Å². The van der Waals surface area contributed by atoms with E-state index in [2.05, 4.69) is 26.5 Å². The minimum Gasteiger partial charge on any atom is -0.364 e. The molecule has 1 aromatic carbocycles. The second-order valence-corrected chi connectivity index (χ2v) is 9.67. The fraction of sp³-hybridized carbons (Fsp3) is 0.462. The number of benzene rings is 1. The molecule has 2 amide bonds. The van der Waals surface area contributed by atoms with Crippen molar-refractivity contribution in [1.29, 1.82) is 0 Å². The molecule has 35 heavy (non-hydrogen) atoms. The van der Waals surface area contributed by atoms with Gasteiger partial charge in [0.1, 0.15) is 17.0 Å². The molecule has 0 bridgehead atoms. The highest BCUT2D eigenvalue weighted by atomic mass is 19.1. The first-order chi connectivity index (χ1) is 16.9. The Bertz CT molecular complexity index is 1270. The molecule has 1 saturated heterocycles. The molecule has 2 aromatic heterocycles. The first-order valence-electron chi connectivity index (χ1n) is 12.4. The van der Waals surface area contributed by atoms with Crippen molar-refractivity contribution < 1.29 is 14.0 Å². The average molecular weight is 479 g/mol. The van der Waals surface area contributed by atoms with E-state index in [1.807, 2.05) is 13.0 Å².